The van der Waals surface area contributed by atoms with Crippen molar-refractivity contribution in [3.8, 4) is 5.75 Å². The third-order valence-electron chi connectivity index (χ3n) is 10.4. The fourth-order valence-electron chi connectivity index (χ4n) is 6.80. The van der Waals surface area contributed by atoms with Gasteiger partial charge in [-0.2, -0.15) is 0 Å². The van der Waals surface area contributed by atoms with E-state index < -0.39 is 25.7 Å². The van der Waals surface area contributed by atoms with E-state index in [1.54, 1.807) is 24.3 Å². The molecule has 0 bridgehead atoms. The number of unbranched alkanes of at least 4 members (excludes halogenated alkanes) is 25. The second-order valence-corrected chi connectivity index (χ2v) is 17.1. The van der Waals surface area contributed by atoms with Gasteiger partial charge in [-0.15, -0.1) is 0 Å². The molecule has 1 atom stereocenters. The van der Waals surface area contributed by atoms with Crippen LogP contribution in [0.15, 0.2) is 24.3 Å². The summed E-state index contributed by atoms with van der Waals surface area (Å²) in [6, 6.07) is 5.66. The molecule has 0 aromatic heterocycles. The van der Waals surface area contributed by atoms with Gasteiger partial charge in [0.25, 0.3) is 5.91 Å². The van der Waals surface area contributed by atoms with E-state index in [1.165, 1.54) is 116 Å². The van der Waals surface area contributed by atoms with Crippen LogP contribution in [-0.2, 0) is 28.2 Å². The summed E-state index contributed by atoms with van der Waals surface area (Å²) in [5.41, 5.74) is 0.353. The van der Waals surface area contributed by atoms with Crippen LogP contribution in [0.1, 0.15) is 217 Å². The normalized spacial score (nSPS) is 12.0. The summed E-state index contributed by atoms with van der Waals surface area (Å²) in [4.78, 5) is 56.5. The molecule has 0 fully saturated rings. The lowest BCUT2D eigenvalue weighted by atomic mass is 10.1. The third-order valence-corrected chi connectivity index (χ3v) is 10.9. The average Bonchev–Trinajstić information content (AvgIpc) is 3.20. The van der Waals surface area contributed by atoms with E-state index in [-0.39, 0.29) is 32.0 Å². The number of nitrogens with one attached hydrogen (secondary N) is 1. The molecule has 58 heavy (non-hydrogen) atoms. The van der Waals surface area contributed by atoms with E-state index in [1.807, 2.05) is 0 Å². The number of rotatable bonds is 41. The molecule has 0 saturated heterocycles. The number of phosphoric acid groups is 1. The molecule has 0 spiro atoms. The van der Waals surface area contributed by atoms with E-state index in [0.29, 0.717) is 30.9 Å². The summed E-state index contributed by atoms with van der Waals surface area (Å²) in [5, 5.41) is 2.79. The number of carbonyl (C=O) groups excluding carboxylic acids is 3. The maximum Gasteiger partial charge on any atom is 0.469 e. The molecular weight excluding hydrogens is 757 g/mol. The lowest BCUT2D eigenvalue weighted by Gasteiger charge is -2.18. The Kier molecular flexibility index (Phi) is 34.7. The minimum atomic E-state index is -4.42. The smallest absolute Gasteiger partial charge is 0.469 e. The molecule has 11 nitrogen and oxygen atoms in total. The summed E-state index contributed by atoms with van der Waals surface area (Å²) in [7, 11) is -4.42. The van der Waals surface area contributed by atoms with Crippen molar-refractivity contribution in [1.82, 2.24) is 5.32 Å². The number of benzene rings is 1. The van der Waals surface area contributed by atoms with Crippen molar-refractivity contribution in [2.75, 3.05) is 26.4 Å². The van der Waals surface area contributed by atoms with Gasteiger partial charge in [0.05, 0.1) is 26.4 Å². The maximum atomic E-state index is 13.2. The minimum Gasteiger partial charge on any atom is -0.494 e. The molecule has 0 aliphatic carbocycles. The first kappa shape index (κ1) is 53.6. The van der Waals surface area contributed by atoms with E-state index in [4.69, 9.17) is 24.0 Å². The lowest BCUT2D eigenvalue weighted by Crippen LogP contribution is -2.42. The van der Waals surface area contributed by atoms with Crippen LogP contribution in [0.4, 0.5) is 0 Å². The van der Waals surface area contributed by atoms with Crippen LogP contribution < -0.4 is 10.1 Å². The van der Waals surface area contributed by atoms with Gasteiger partial charge in [0.1, 0.15) is 11.8 Å². The van der Waals surface area contributed by atoms with Crippen LogP contribution in [0.5, 0.6) is 5.75 Å². The number of amides is 1. The van der Waals surface area contributed by atoms with Crippen LogP contribution >= 0.6 is 7.82 Å². The van der Waals surface area contributed by atoms with Crippen LogP contribution in [0.3, 0.4) is 0 Å². The molecule has 1 rings (SSSR count). The molecule has 1 amide bonds. The Labute approximate surface area is 352 Å². The predicted octanol–water partition coefficient (Wildman–Crippen LogP) is 12.1. The van der Waals surface area contributed by atoms with Crippen molar-refractivity contribution in [2.24, 2.45) is 0 Å². The molecule has 1 unspecified atom stereocenters. The first-order chi connectivity index (χ1) is 28.2. The molecule has 336 valence electrons. The van der Waals surface area contributed by atoms with Crippen molar-refractivity contribution in [3.05, 3.63) is 29.8 Å². The first-order valence-corrected chi connectivity index (χ1v) is 24.7. The number of carbonyl (C=O) groups is 3. The standard InChI is InChI=1S/C46H82NO10P/c1-3-5-7-9-11-13-15-17-19-21-23-28-38-55-44(48)36-35-43(46(50)56-39-29-24-22-20-18-16-14-12-10-8-6-4-2)47-45(49)41-31-33-42(34-32-41)54-37-27-25-26-30-40-57-58(51,52)53/h31-34,43H,3-30,35-40H2,1-2H3,(H,47,49)(H2,51,52,53). The number of esters is 2. The van der Waals surface area contributed by atoms with Crippen molar-refractivity contribution in [3.63, 3.8) is 0 Å². The Morgan fingerprint density at radius 1 is 0.552 bits per heavy atom. The fourth-order valence-corrected chi connectivity index (χ4v) is 7.17. The van der Waals surface area contributed by atoms with Crippen LogP contribution in [0.2, 0.25) is 0 Å². The number of hydrogen-bond acceptors (Lipinski definition) is 8. The Bertz CT molecular complexity index is 1190. The van der Waals surface area contributed by atoms with Crippen molar-refractivity contribution < 1.29 is 47.5 Å². The van der Waals surface area contributed by atoms with Gasteiger partial charge in [0.15, 0.2) is 0 Å². The van der Waals surface area contributed by atoms with Gasteiger partial charge in [-0.25, -0.2) is 9.36 Å². The quantitative estimate of drug-likeness (QED) is 0.0329. The van der Waals surface area contributed by atoms with Gasteiger partial charge in [-0.3, -0.25) is 14.1 Å². The fraction of sp³-hybridized carbons (Fsp3) is 0.804. The van der Waals surface area contributed by atoms with Gasteiger partial charge < -0.3 is 29.3 Å². The average molecular weight is 840 g/mol. The summed E-state index contributed by atoms with van der Waals surface area (Å²) < 4.78 is 32.0. The van der Waals surface area contributed by atoms with E-state index in [9.17, 15) is 18.9 Å². The first-order valence-electron chi connectivity index (χ1n) is 23.2. The summed E-state index contributed by atoms with van der Waals surface area (Å²) in [6.07, 6.45) is 32.2. The highest BCUT2D eigenvalue weighted by Crippen LogP contribution is 2.35. The zero-order chi connectivity index (χ0) is 42.4. The second kappa shape index (κ2) is 37.5. The molecule has 0 heterocycles. The van der Waals surface area contributed by atoms with Crippen LogP contribution in [0, 0.1) is 0 Å². The molecule has 0 aliphatic heterocycles. The van der Waals surface area contributed by atoms with Gasteiger partial charge in [-0.05, 0) is 62.8 Å². The summed E-state index contributed by atoms with van der Waals surface area (Å²) in [6.45, 7) is 5.59. The molecule has 3 N–H and O–H groups in total. The molecular formula is C46H82NO10P. The Balaban J connectivity index is 2.47. The second-order valence-electron chi connectivity index (χ2n) is 15.8. The molecule has 0 saturated carbocycles. The Morgan fingerprint density at radius 2 is 0.948 bits per heavy atom. The monoisotopic (exact) mass is 840 g/mol. The number of hydrogen-bond donors (Lipinski definition) is 3. The van der Waals surface area contributed by atoms with Gasteiger partial charge in [-0.1, -0.05) is 162 Å². The van der Waals surface area contributed by atoms with E-state index in [2.05, 4.69) is 23.7 Å². The highest BCUT2D eigenvalue weighted by molar-refractivity contribution is 7.46. The van der Waals surface area contributed by atoms with E-state index >= 15 is 0 Å². The third kappa shape index (κ3) is 33.4. The molecule has 1 aromatic rings. The predicted molar refractivity (Wildman–Crippen MR) is 233 cm³/mol. The molecule has 12 heteroatoms. The lowest BCUT2D eigenvalue weighted by molar-refractivity contribution is -0.147. The number of phosphoric ester groups is 1. The minimum absolute atomic E-state index is 0.000379. The topological polar surface area (TPSA) is 158 Å². The molecule has 0 aliphatic rings. The van der Waals surface area contributed by atoms with Crippen molar-refractivity contribution in [2.45, 2.75) is 213 Å². The van der Waals surface area contributed by atoms with Crippen LogP contribution in [-0.4, -0.2) is 60.1 Å². The Hall–Kier alpha value is -2.46. The maximum absolute atomic E-state index is 13.2. The zero-order valence-corrected chi connectivity index (χ0v) is 37.4. The summed E-state index contributed by atoms with van der Waals surface area (Å²) >= 11 is 0. The van der Waals surface area contributed by atoms with Gasteiger partial charge in [0.2, 0.25) is 0 Å². The SMILES string of the molecule is CCCCCCCCCCCCCCOC(=O)CCC(NC(=O)c1ccc(OCCCCCCOP(=O)(O)O)cc1)C(=O)OCCCCCCCCCCCCCC. The van der Waals surface area contributed by atoms with E-state index in [0.717, 1.165) is 57.8 Å². The number of ether oxygens (including phenoxy) is 3. The van der Waals surface area contributed by atoms with Gasteiger partial charge >= 0.3 is 19.8 Å². The molecule has 0 radical (unpaired) electrons. The largest absolute Gasteiger partial charge is 0.494 e. The highest BCUT2D eigenvalue weighted by Gasteiger charge is 2.24. The van der Waals surface area contributed by atoms with Crippen molar-refractivity contribution >= 4 is 25.7 Å². The highest BCUT2D eigenvalue weighted by atomic mass is 31.2. The van der Waals surface area contributed by atoms with Crippen LogP contribution in [0.25, 0.3) is 0 Å². The van der Waals surface area contributed by atoms with Gasteiger partial charge in [0, 0.05) is 12.0 Å². The molecule has 1 aromatic carbocycles. The Morgan fingerprint density at radius 3 is 1.40 bits per heavy atom. The summed E-state index contributed by atoms with van der Waals surface area (Å²) in [5.74, 6) is -0.776. The van der Waals surface area contributed by atoms with Crippen molar-refractivity contribution in [1.29, 1.82) is 0 Å². The zero-order valence-electron chi connectivity index (χ0n) is 36.5.